The summed E-state index contributed by atoms with van der Waals surface area (Å²) in [7, 11) is 0. The van der Waals surface area contributed by atoms with E-state index in [-0.39, 0.29) is 18.4 Å². The summed E-state index contributed by atoms with van der Waals surface area (Å²) in [5, 5.41) is 18.7. The first kappa shape index (κ1) is 18.7. The van der Waals surface area contributed by atoms with E-state index in [1.807, 2.05) is 24.3 Å². The first-order valence-corrected chi connectivity index (χ1v) is 10.2. The molecule has 5 rings (SSSR count). The summed E-state index contributed by atoms with van der Waals surface area (Å²) in [4.78, 5) is 25.6. The number of carboxylic acid groups (broad SMARTS) is 1. The number of likely N-dealkylation sites (tertiary alicyclic amines) is 1. The smallest absolute Gasteiger partial charge is 0.409 e. The zero-order chi connectivity index (χ0) is 20.9. The van der Waals surface area contributed by atoms with E-state index in [9.17, 15) is 20.0 Å². The largest absolute Gasteiger partial charge is 0.481 e. The van der Waals surface area contributed by atoms with Gasteiger partial charge in [0, 0.05) is 24.4 Å². The van der Waals surface area contributed by atoms with Gasteiger partial charge in [-0.05, 0) is 35.1 Å². The van der Waals surface area contributed by atoms with Gasteiger partial charge in [0.1, 0.15) is 6.61 Å². The van der Waals surface area contributed by atoms with Crippen LogP contribution < -0.4 is 0 Å². The number of nitrogens with zero attached hydrogens (tertiary/aromatic N) is 2. The van der Waals surface area contributed by atoms with Gasteiger partial charge in [0.15, 0.2) is 0 Å². The van der Waals surface area contributed by atoms with Crippen molar-refractivity contribution in [1.82, 2.24) is 4.90 Å². The van der Waals surface area contributed by atoms with Gasteiger partial charge in [-0.2, -0.15) is 5.26 Å². The molecular weight excluding hydrogens is 380 g/mol. The number of aliphatic carboxylic acids is 1. The van der Waals surface area contributed by atoms with Crippen LogP contribution in [0.4, 0.5) is 4.79 Å². The predicted molar refractivity (Wildman–Crippen MR) is 109 cm³/mol. The highest BCUT2D eigenvalue weighted by Crippen LogP contribution is 2.55. The maximum atomic E-state index is 12.8. The number of carbonyl (C=O) groups excluding carboxylic acids is 1. The summed E-state index contributed by atoms with van der Waals surface area (Å²) in [5.74, 6) is -1.58. The Morgan fingerprint density at radius 2 is 1.70 bits per heavy atom. The second-order valence-electron chi connectivity index (χ2n) is 8.67. The van der Waals surface area contributed by atoms with Gasteiger partial charge >= 0.3 is 12.1 Å². The minimum atomic E-state index is -0.822. The van der Waals surface area contributed by atoms with Crippen molar-refractivity contribution in [1.29, 1.82) is 5.26 Å². The fourth-order valence-electron chi connectivity index (χ4n) is 5.48. The molecule has 0 radical (unpaired) electrons. The fraction of sp³-hybridized carbons (Fsp3) is 0.375. The third-order valence-corrected chi connectivity index (χ3v) is 7.05. The number of benzene rings is 2. The molecule has 2 aromatic rings. The zero-order valence-corrected chi connectivity index (χ0v) is 16.5. The molecule has 1 aliphatic heterocycles. The summed E-state index contributed by atoms with van der Waals surface area (Å²) in [6, 6.07) is 18.6. The standard InChI is InChI=1S/C24H22N2O4/c25-11-16-12-26(14-24(16)9-15(10-24)22(27)28)23(29)30-13-21-19-7-3-1-5-17(19)18-6-2-4-8-20(18)21/h1-8,15-16,21H,9-10,12-14H2,(H,27,28). The predicted octanol–water partition coefficient (Wildman–Crippen LogP) is 3.87. The molecule has 6 nitrogen and oxygen atoms in total. The molecule has 1 unspecified atom stereocenters. The zero-order valence-electron chi connectivity index (χ0n) is 16.5. The van der Waals surface area contributed by atoms with E-state index >= 15 is 0 Å². The molecule has 0 bridgehead atoms. The van der Waals surface area contributed by atoms with Gasteiger partial charge in [-0.25, -0.2) is 4.79 Å². The quantitative estimate of drug-likeness (QED) is 0.842. The highest BCUT2D eigenvalue weighted by molar-refractivity contribution is 5.79. The van der Waals surface area contributed by atoms with Crippen molar-refractivity contribution in [2.75, 3.05) is 19.7 Å². The maximum absolute atomic E-state index is 12.8. The van der Waals surface area contributed by atoms with Gasteiger partial charge in [-0.1, -0.05) is 48.5 Å². The van der Waals surface area contributed by atoms with Crippen molar-refractivity contribution < 1.29 is 19.4 Å². The minimum absolute atomic E-state index is 0.00947. The number of fused-ring (bicyclic) bond motifs is 3. The van der Waals surface area contributed by atoms with Gasteiger partial charge < -0.3 is 14.7 Å². The SMILES string of the molecule is N#CC1CN(C(=O)OCC2c3ccccc3-c3ccccc32)CC12CC(C(=O)O)C2. The Kier molecular flexibility index (Phi) is 4.28. The van der Waals surface area contributed by atoms with E-state index in [0.717, 1.165) is 11.1 Å². The molecule has 1 atom stereocenters. The Labute approximate surface area is 174 Å². The monoisotopic (exact) mass is 402 g/mol. The molecule has 2 aliphatic carbocycles. The summed E-state index contributed by atoms with van der Waals surface area (Å²) in [5.41, 5.74) is 4.26. The normalized spacial score (nSPS) is 26.6. The molecule has 3 aliphatic rings. The molecule has 1 saturated carbocycles. The van der Waals surface area contributed by atoms with Crippen LogP contribution in [0.2, 0.25) is 0 Å². The second kappa shape index (κ2) is 6.88. The molecule has 1 amide bonds. The van der Waals surface area contributed by atoms with E-state index in [0.29, 0.717) is 25.9 Å². The minimum Gasteiger partial charge on any atom is -0.481 e. The van der Waals surface area contributed by atoms with Gasteiger partial charge in [0.2, 0.25) is 0 Å². The maximum Gasteiger partial charge on any atom is 0.409 e. The third kappa shape index (κ3) is 2.77. The first-order chi connectivity index (χ1) is 14.5. The van der Waals surface area contributed by atoms with Crippen LogP contribution >= 0.6 is 0 Å². The Bertz CT molecular complexity index is 1020. The highest BCUT2D eigenvalue weighted by Gasteiger charge is 2.58. The van der Waals surface area contributed by atoms with Crippen molar-refractivity contribution in [2.24, 2.45) is 17.3 Å². The van der Waals surface area contributed by atoms with Gasteiger partial charge in [0.25, 0.3) is 0 Å². The molecule has 6 heteroatoms. The average molecular weight is 402 g/mol. The first-order valence-electron chi connectivity index (χ1n) is 10.2. The Morgan fingerprint density at radius 3 is 2.27 bits per heavy atom. The van der Waals surface area contributed by atoms with Gasteiger partial charge in [0.05, 0.1) is 17.9 Å². The van der Waals surface area contributed by atoms with Crippen molar-refractivity contribution >= 4 is 12.1 Å². The topological polar surface area (TPSA) is 90.6 Å². The van der Waals surface area contributed by atoms with E-state index in [1.165, 1.54) is 11.1 Å². The molecule has 1 N–H and O–H groups in total. The lowest BCUT2D eigenvalue weighted by molar-refractivity contribution is -0.150. The molecular formula is C24H22N2O4. The summed E-state index contributed by atoms with van der Waals surface area (Å²) in [6.07, 6.45) is 0.481. The van der Waals surface area contributed by atoms with Crippen LogP contribution in [0.15, 0.2) is 48.5 Å². The van der Waals surface area contributed by atoms with Crippen molar-refractivity contribution in [3.63, 3.8) is 0 Å². The molecule has 2 aromatic carbocycles. The molecule has 1 heterocycles. The molecule has 30 heavy (non-hydrogen) atoms. The Balaban J connectivity index is 1.28. The lowest BCUT2D eigenvalue weighted by atomic mass is 9.57. The highest BCUT2D eigenvalue weighted by atomic mass is 16.6. The number of hydrogen-bond donors (Lipinski definition) is 1. The fourth-order valence-corrected chi connectivity index (χ4v) is 5.48. The number of nitriles is 1. The molecule has 1 saturated heterocycles. The molecule has 0 aromatic heterocycles. The number of amides is 1. The van der Waals surface area contributed by atoms with Crippen LogP contribution in [-0.2, 0) is 9.53 Å². The van der Waals surface area contributed by atoms with Crippen molar-refractivity contribution in [3.05, 3.63) is 59.7 Å². The van der Waals surface area contributed by atoms with Crippen molar-refractivity contribution in [2.45, 2.75) is 18.8 Å². The lowest BCUT2D eigenvalue weighted by Gasteiger charge is -2.44. The summed E-state index contributed by atoms with van der Waals surface area (Å²) < 4.78 is 5.71. The number of rotatable bonds is 3. The summed E-state index contributed by atoms with van der Waals surface area (Å²) >= 11 is 0. The number of hydrogen-bond acceptors (Lipinski definition) is 4. The van der Waals surface area contributed by atoms with Crippen molar-refractivity contribution in [3.8, 4) is 17.2 Å². The van der Waals surface area contributed by atoms with Crippen LogP contribution in [0, 0.1) is 28.6 Å². The Morgan fingerprint density at radius 1 is 1.10 bits per heavy atom. The summed E-state index contributed by atoms with van der Waals surface area (Å²) in [6.45, 7) is 0.941. The van der Waals surface area contributed by atoms with Gasteiger partial charge in [-0.15, -0.1) is 0 Å². The second-order valence-corrected chi connectivity index (χ2v) is 8.67. The lowest BCUT2D eigenvalue weighted by Crippen LogP contribution is -2.46. The molecule has 152 valence electrons. The third-order valence-electron chi connectivity index (χ3n) is 7.05. The van der Waals surface area contributed by atoms with Crippen LogP contribution in [0.1, 0.15) is 29.9 Å². The Hall–Kier alpha value is -3.33. The average Bonchev–Trinajstić information content (AvgIpc) is 3.27. The number of carboxylic acids is 1. The van der Waals surface area contributed by atoms with E-state index in [4.69, 9.17) is 4.74 Å². The van der Waals surface area contributed by atoms with Gasteiger partial charge in [-0.3, -0.25) is 4.79 Å². The van der Waals surface area contributed by atoms with E-state index in [2.05, 4.69) is 30.3 Å². The van der Waals surface area contributed by atoms with E-state index < -0.39 is 23.4 Å². The van der Waals surface area contributed by atoms with E-state index in [1.54, 1.807) is 4.90 Å². The van der Waals surface area contributed by atoms with Crippen LogP contribution in [-0.4, -0.2) is 41.8 Å². The molecule has 1 spiro atoms. The van der Waals surface area contributed by atoms with Crippen LogP contribution in [0.3, 0.4) is 0 Å². The van der Waals surface area contributed by atoms with Crippen LogP contribution in [0.25, 0.3) is 11.1 Å². The van der Waals surface area contributed by atoms with Crippen LogP contribution in [0.5, 0.6) is 0 Å². The number of ether oxygens (including phenoxy) is 1. The number of carbonyl (C=O) groups is 2. The molecule has 2 fully saturated rings.